The zero-order valence-electron chi connectivity index (χ0n) is 9.98. The van der Waals surface area contributed by atoms with Crippen LogP contribution in [0.3, 0.4) is 0 Å². The molecule has 0 spiro atoms. The van der Waals surface area contributed by atoms with Crippen molar-refractivity contribution in [1.29, 1.82) is 0 Å². The molecule has 0 atom stereocenters. The fourth-order valence-electron chi connectivity index (χ4n) is 1.46. The van der Waals surface area contributed by atoms with E-state index in [1.165, 1.54) is 0 Å². The van der Waals surface area contributed by atoms with Gasteiger partial charge in [0.1, 0.15) is 5.54 Å². The second kappa shape index (κ2) is 6.29. The molecule has 0 saturated heterocycles. The highest BCUT2D eigenvalue weighted by molar-refractivity contribution is 9.10. The summed E-state index contributed by atoms with van der Waals surface area (Å²) in [4.78, 5) is 12.0. The summed E-state index contributed by atoms with van der Waals surface area (Å²) in [5, 5.41) is 29.9. The number of nitrogens with one attached hydrogen (secondary N) is 1. The first-order valence-electron chi connectivity index (χ1n) is 5.39. The number of hydrogen-bond donors (Lipinski definition) is 4. The zero-order valence-corrected chi connectivity index (χ0v) is 11.6. The Morgan fingerprint density at radius 1 is 1.28 bits per heavy atom. The van der Waals surface area contributed by atoms with Gasteiger partial charge >= 0.3 is 0 Å². The maximum atomic E-state index is 12.0. The monoisotopic (exact) mass is 317 g/mol. The quantitative estimate of drug-likeness (QED) is 0.624. The zero-order chi connectivity index (χ0) is 13.8. The minimum atomic E-state index is -1.41. The molecule has 4 N–H and O–H groups in total. The van der Waals surface area contributed by atoms with Crippen LogP contribution in [0.25, 0.3) is 0 Å². The van der Waals surface area contributed by atoms with Crippen molar-refractivity contribution in [2.45, 2.75) is 12.5 Å². The molecule has 1 aromatic rings. The van der Waals surface area contributed by atoms with Crippen LogP contribution in [0.4, 0.5) is 0 Å². The minimum absolute atomic E-state index is 0.429. The third-order valence-electron chi connectivity index (χ3n) is 2.72. The molecular weight excluding hydrogens is 302 g/mol. The lowest BCUT2D eigenvalue weighted by Gasteiger charge is -2.28. The van der Waals surface area contributed by atoms with Gasteiger partial charge in [0.05, 0.1) is 19.8 Å². The normalized spacial score (nSPS) is 11.4. The molecule has 1 amide bonds. The SMILES string of the molecule is Cc1cc(Br)ccc1C(=O)NC(CO)(CO)CO. The number of aliphatic hydroxyl groups is 3. The number of carbonyl (C=O) groups excluding carboxylic acids is 1. The number of halogens is 1. The standard InChI is InChI=1S/C12H16BrNO4/c1-8-4-9(13)2-3-10(8)11(18)14-12(5-15,6-16)7-17/h2-4,15-17H,5-7H2,1H3,(H,14,18). The Kier molecular flexibility index (Phi) is 5.28. The number of hydrogen-bond acceptors (Lipinski definition) is 4. The molecular formula is C12H16BrNO4. The lowest BCUT2D eigenvalue weighted by atomic mass is 10.0. The Balaban J connectivity index is 2.94. The second-order valence-electron chi connectivity index (χ2n) is 4.17. The minimum Gasteiger partial charge on any atom is -0.394 e. The fraction of sp³-hybridized carbons (Fsp3) is 0.417. The van der Waals surface area contributed by atoms with Gasteiger partial charge in [-0.1, -0.05) is 15.9 Å². The van der Waals surface area contributed by atoms with Crippen LogP contribution in [0.5, 0.6) is 0 Å². The van der Waals surface area contributed by atoms with E-state index >= 15 is 0 Å². The molecule has 0 aromatic heterocycles. The summed E-state index contributed by atoms with van der Waals surface area (Å²) in [7, 11) is 0. The molecule has 5 nitrogen and oxygen atoms in total. The van der Waals surface area contributed by atoms with Crippen LogP contribution in [-0.2, 0) is 0 Å². The summed E-state index contributed by atoms with van der Waals surface area (Å²) in [5.74, 6) is -0.447. The van der Waals surface area contributed by atoms with Crippen LogP contribution < -0.4 is 5.32 Å². The molecule has 1 aromatic carbocycles. The van der Waals surface area contributed by atoms with Gasteiger partial charge < -0.3 is 20.6 Å². The second-order valence-corrected chi connectivity index (χ2v) is 5.08. The highest BCUT2D eigenvalue weighted by Crippen LogP contribution is 2.16. The molecule has 0 fully saturated rings. The van der Waals surface area contributed by atoms with Crippen molar-refractivity contribution in [1.82, 2.24) is 5.32 Å². The summed E-state index contributed by atoms with van der Waals surface area (Å²) in [6, 6.07) is 5.14. The molecule has 0 radical (unpaired) electrons. The smallest absolute Gasteiger partial charge is 0.252 e. The highest BCUT2D eigenvalue weighted by Gasteiger charge is 2.30. The van der Waals surface area contributed by atoms with Crippen LogP contribution in [0.1, 0.15) is 15.9 Å². The first-order valence-corrected chi connectivity index (χ1v) is 6.18. The van der Waals surface area contributed by atoms with E-state index in [2.05, 4.69) is 21.2 Å². The Morgan fingerprint density at radius 3 is 2.28 bits per heavy atom. The lowest BCUT2D eigenvalue weighted by molar-refractivity contribution is 0.0375. The van der Waals surface area contributed by atoms with E-state index in [9.17, 15) is 4.79 Å². The van der Waals surface area contributed by atoms with Gasteiger partial charge in [-0.15, -0.1) is 0 Å². The van der Waals surface area contributed by atoms with E-state index in [4.69, 9.17) is 15.3 Å². The van der Waals surface area contributed by atoms with Crippen LogP contribution in [0.15, 0.2) is 22.7 Å². The summed E-state index contributed by atoms with van der Waals surface area (Å²) in [6.07, 6.45) is 0. The Bertz CT molecular complexity index is 424. The van der Waals surface area contributed by atoms with Crippen molar-refractivity contribution in [3.63, 3.8) is 0 Å². The van der Waals surface area contributed by atoms with Gasteiger partial charge in [0.25, 0.3) is 5.91 Å². The van der Waals surface area contributed by atoms with Gasteiger partial charge in [-0.2, -0.15) is 0 Å². The van der Waals surface area contributed by atoms with Crippen LogP contribution in [0, 0.1) is 6.92 Å². The molecule has 0 unspecified atom stereocenters. The predicted octanol–water partition coefficient (Wildman–Crippen LogP) is 0.203. The maximum absolute atomic E-state index is 12.0. The molecule has 6 heteroatoms. The summed E-state index contributed by atoms with van der Waals surface area (Å²) in [5.41, 5.74) is -0.223. The number of aliphatic hydroxyl groups excluding tert-OH is 3. The molecule has 0 heterocycles. The van der Waals surface area contributed by atoms with Crippen molar-refractivity contribution >= 4 is 21.8 Å². The third-order valence-corrected chi connectivity index (χ3v) is 3.21. The number of aryl methyl sites for hydroxylation is 1. The lowest BCUT2D eigenvalue weighted by Crippen LogP contribution is -2.57. The van der Waals surface area contributed by atoms with Gasteiger partial charge in [0.15, 0.2) is 0 Å². The van der Waals surface area contributed by atoms with E-state index < -0.39 is 31.3 Å². The molecule has 100 valence electrons. The van der Waals surface area contributed by atoms with E-state index in [1.807, 2.05) is 0 Å². The van der Waals surface area contributed by atoms with Gasteiger partial charge in [0.2, 0.25) is 0 Å². The Labute approximate surface area is 114 Å². The molecule has 0 saturated carbocycles. The molecule has 0 aliphatic heterocycles. The summed E-state index contributed by atoms with van der Waals surface area (Å²) in [6.45, 7) is 0.155. The first-order chi connectivity index (χ1) is 8.48. The highest BCUT2D eigenvalue weighted by atomic mass is 79.9. The van der Waals surface area contributed by atoms with E-state index in [1.54, 1.807) is 25.1 Å². The summed E-state index contributed by atoms with van der Waals surface area (Å²) < 4.78 is 0.856. The topological polar surface area (TPSA) is 89.8 Å². The van der Waals surface area contributed by atoms with Crippen LogP contribution >= 0.6 is 15.9 Å². The van der Waals surface area contributed by atoms with Crippen molar-refractivity contribution in [2.75, 3.05) is 19.8 Å². The first kappa shape index (κ1) is 15.1. The molecule has 1 rings (SSSR count). The van der Waals surface area contributed by atoms with E-state index in [0.29, 0.717) is 5.56 Å². The van der Waals surface area contributed by atoms with E-state index in [-0.39, 0.29) is 0 Å². The largest absolute Gasteiger partial charge is 0.394 e. The predicted molar refractivity (Wildman–Crippen MR) is 70.3 cm³/mol. The van der Waals surface area contributed by atoms with Crippen LogP contribution in [-0.4, -0.2) is 46.6 Å². The number of rotatable bonds is 5. The molecule has 0 aliphatic rings. The third kappa shape index (κ3) is 3.29. The number of amides is 1. The number of benzene rings is 1. The van der Waals surface area contributed by atoms with Crippen molar-refractivity contribution in [2.24, 2.45) is 0 Å². The molecule has 0 aliphatic carbocycles. The van der Waals surface area contributed by atoms with Crippen molar-refractivity contribution in [3.05, 3.63) is 33.8 Å². The number of carbonyl (C=O) groups is 1. The Hall–Kier alpha value is -0.950. The molecule has 18 heavy (non-hydrogen) atoms. The van der Waals surface area contributed by atoms with Gasteiger partial charge in [-0.05, 0) is 30.7 Å². The van der Waals surface area contributed by atoms with Crippen molar-refractivity contribution < 1.29 is 20.1 Å². The fourth-order valence-corrected chi connectivity index (χ4v) is 1.93. The maximum Gasteiger partial charge on any atom is 0.252 e. The van der Waals surface area contributed by atoms with Crippen LogP contribution in [0.2, 0.25) is 0 Å². The van der Waals surface area contributed by atoms with Gasteiger partial charge in [0, 0.05) is 10.0 Å². The summed E-state index contributed by atoms with van der Waals surface area (Å²) >= 11 is 3.30. The van der Waals surface area contributed by atoms with Gasteiger partial charge in [-0.25, -0.2) is 0 Å². The molecule has 0 bridgehead atoms. The average molecular weight is 318 g/mol. The Morgan fingerprint density at radius 2 is 1.83 bits per heavy atom. The van der Waals surface area contributed by atoms with Gasteiger partial charge in [-0.3, -0.25) is 4.79 Å². The average Bonchev–Trinajstić information content (AvgIpc) is 2.36. The van der Waals surface area contributed by atoms with E-state index in [0.717, 1.165) is 10.0 Å². The van der Waals surface area contributed by atoms with Crippen molar-refractivity contribution in [3.8, 4) is 0 Å².